The van der Waals surface area contributed by atoms with E-state index in [0.717, 1.165) is 27.9 Å². The summed E-state index contributed by atoms with van der Waals surface area (Å²) < 4.78 is 0. The number of hydrogen-bond donors (Lipinski definition) is 0. The summed E-state index contributed by atoms with van der Waals surface area (Å²) in [6, 6.07) is 42.9. The Hall–Kier alpha value is -4.82. The van der Waals surface area contributed by atoms with Gasteiger partial charge < -0.3 is 0 Å². The zero-order chi connectivity index (χ0) is 23.9. The van der Waals surface area contributed by atoms with E-state index < -0.39 is 0 Å². The Morgan fingerprint density at radius 2 is 1.11 bits per heavy atom. The van der Waals surface area contributed by atoms with Gasteiger partial charge in [0.15, 0.2) is 0 Å². The third kappa shape index (κ3) is 3.35. The van der Waals surface area contributed by atoms with Crippen molar-refractivity contribution >= 4 is 32.4 Å². The molecular formula is C34H22N2. The molecular weight excluding hydrogens is 436 g/mol. The van der Waals surface area contributed by atoms with E-state index >= 15 is 0 Å². The van der Waals surface area contributed by atoms with E-state index in [9.17, 15) is 0 Å². The van der Waals surface area contributed by atoms with E-state index in [1.807, 2.05) is 12.3 Å². The van der Waals surface area contributed by atoms with Crippen LogP contribution >= 0.6 is 0 Å². The highest BCUT2D eigenvalue weighted by atomic mass is 14.7. The van der Waals surface area contributed by atoms with Crippen molar-refractivity contribution < 1.29 is 0 Å². The third-order valence-corrected chi connectivity index (χ3v) is 6.94. The summed E-state index contributed by atoms with van der Waals surface area (Å²) in [5.74, 6) is 0. The Morgan fingerprint density at radius 1 is 0.444 bits per heavy atom. The van der Waals surface area contributed by atoms with Gasteiger partial charge in [-0.25, -0.2) is 4.98 Å². The van der Waals surface area contributed by atoms with Crippen LogP contribution in [-0.2, 0) is 0 Å². The fourth-order valence-electron chi connectivity index (χ4n) is 5.25. The van der Waals surface area contributed by atoms with Gasteiger partial charge in [-0.05, 0) is 51.2 Å². The van der Waals surface area contributed by atoms with E-state index in [4.69, 9.17) is 4.98 Å². The van der Waals surface area contributed by atoms with Crippen LogP contribution in [-0.4, -0.2) is 9.97 Å². The molecule has 2 nitrogen and oxygen atoms in total. The predicted octanol–water partition coefficient (Wildman–Crippen LogP) is 8.94. The molecule has 0 spiro atoms. The first-order valence-electron chi connectivity index (χ1n) is 12.2. The van der Waals surface area contributed by atoms with Crippen molar-refractivity contribution in [2.45, 2.75) is 0 Å². The van der Waals surface area contributed by atoms with Gasteiger partial charge in [0.1, 0.15) is 0 Å². The van der Waals surface area contributed by atoms with Crippen LogP contribution < -0.4 is 0 Å². The zero-order valence-electron chi connectivity index (χ0n) is 19.6. The minimum absolute atomic E-state index is 1.02. The quantitative estimate of drug-likeness (QED) is 0.247. The lowest BCUT2D eigenvalue weighted by Crippen LogP contribution is -1.92. The summed E-state index contributed by atoms with van der Waals surface area (Å²) in [4.78, 5) is 9.44. The van der Waals surface area contributed by atoms with Crippen molar-refractivity contribution in [3.05, 3.63) is 134 Å². The Labute approximate surface area is 209 Å². The molecule has 0 bridgehead atoms. The minimum atomic E-state index is 1.02. The predicted molar refractivity (Wildman–Crippen MR) is 151 cm³/mol. The van der Waals surface area contributed by atoms with Gasteiger partial charge >= 0.3 is 0 Å². The van der Waals surface area contributed by atoms with Crippen LogP contribution in [0.5, 0.6) is 0 Å². The topological polar surface area (TPSA) is 25.8 Å². The molecule has 2 aromatic heterocycles. The molecule has 0 aliphatic rings. The number of hydrogen-bond acceptors (Lipinski definition) is 2. The van der Waals surface area contributed by atoms with Crippen LogP contribution in [0.15, 0.2) is 134 Å². The van der Waals surface area contributed by atoms with Crippen molar-refractivity contribution in [3.8, 4) is 33.5 Å². The SMILES string of the molecule is c1ccc(-c2nc3ccccc3c3c2cc(-c2ccc(-c4cccnc4)cc2)c2ccccc23)cc1. The van der Waals surface area contributed by atoms with E-state index in [1.54, 1.807) is 6.20 Å². The largest absolute Gasteiger partial charge is 0.264 e. The zero-order valence-corrected chi connectivity index (χ0v) is 19.6. The third-order valence-electron chi connectivity index (χ3n) is 6.94. The number of nitrogens with zero attached hydrogens (tertiary/aromatic N) is 2. The number of pyridine rings is 2. The Morgan fingerprint density at radius 3 is 1.89 bits per heavy atom. The number of fused-ring (bicyclic) bond motifs is 5. The number of rotatable bonds is 3. The van der Waals surface area contributed by atoms with Crippen LogP contribution in [0.3, 0.4) is 0 Å². The molecule has 36 heavy (non-hydrogen) atoms. The van der Waals surface area contributed by atoms with Crippen molar-refractivity contribution in [1.82, 2.24) is 9.97 Å². The first kappa shape index (κ1) is 20.5. The minimum Gasteiger partial charge on any atom is -0.264 e. The Bertz CT molecular complexity index is 1860. The van der Waals surface area contributed by atoms with Gasteiger partial charge in [0.2, 0.25) is 0 Å². The maximum absolute atomic E-state index is 5.16. The van der Waals surface area contributed by atoms with E-state index in [-0.39, 0.29) is 0 Å². The van der Waals surface area contributed by atoms with E-state index in [2.05, 4.69) is 120 Å². The molecule has 2 heteroatoms. The smallest absolute Gasteiger partial charge is 0.0788 e. The lowest BCUT2D eigenvalue weighted by Gasteiger charge is -2.16. The highest BCUT2D eigenvalue weighted by molar-refractivity contribution is 6.25. The van der Waals surface area contributed by atoms with Gasteiger partial charge in [0, 0.05) is 34.1 Å². The first-order valence-corrected chi connectivity index (χ1v) is 12.2. The maximum atomic E-state index is 5.16. The van der Waals surface area contributed by atoms with Gasteiger partial charge in [-0.1, -0.05) is 103 Å². The van der Waals surface area contributed by atoms with Gasteiger partial charge in [0.05, 0.1) is 11.2 Å². The average Bonchev–Trinajstić information content (AvgIpc) is 2.97. The highest BCUT2D eigenvalue weighted by Crippen LogP contribution is 2.41. The number of para-hydroxylation sites is 1. The second-order valence-electron chi connectivity index (χ2n) is 9.05. The summed E-state index contributed by atoms with van der Waals surface area (Å²) in [7, 11) is 0. The molecule has 7 rings (SSSR count). The van der Waals surface area contributed by atoms with Crippen molar-refractivity contribution in [1.29, 1.82) is 0 Å². The molecule has 0 aliphatic carbocycles. The van der Waals surface area contributed by atoms with Gasteiger partial charge in [0.25, 0.3) is 0 Å². The lowest BCUT2D eigenvalue weighted by atomic mass is 9.89. The van der Waals surface area contributed by atoms with Crippen LogP contribution in [0, 0.1) is 0 Å². The molecule has 2 heterocycles. The van der Waals surface area contributed by atoms with E-state index in [0.29, 0.717) is 0 Å². The van der Waals surface area contributed by atoms with Crippen molar-refractivity contribution in [3.63, 3.8) is 0 Å². The van der Waals surface area contributed by atoms with Crippen molar-refractivity contribution in [2.75, 3.05) is 0 Å². The van der Waals surface area contributed by atoms with Crippen LogP contribution in [0.25, 0.3) is 66.0 Å². The average molecular weight is 459 g/mol. The molecule has 0 N–H and O–H groups in total. The van der Waals surface area contributed by atoms with Crippen LogP contribution in [0.2, 0.25) is 0 Å². The monoisotopic (exact) mass is 458 g/mol. The summed E-state index contributed by atoms with van der Waals surface area (Å²) in [5.41, 5.74) is 7.84. The normalized spacial score (nSPS) is 11.3. The van der Waals surface area contributed by atoms with Crippen LogP contribution in [0.4, 0.5) is 0 Å². The summed E-state index contributed by atoms with van der Waals surface area (Å²) in [6.45, 7) is 0. The Kier molecular flexibility index (Phi) is 4.82. The molecule has 0 saturated heterocycles. The molecule has 0 saturated carbocycles. The van der Waals surface area contributed by atoms with Gasteiger partial charge in [-0.3, -0.25) is 4.98 Å². The summed E-state index contributed by atoms with van der Waals surface area (Å²) in [5, 5.41) is 6.10. The number of benzene rings is 5. The standard InChI is InChI=1S/C34H22N2/c1-2-9-25(10-3-1)34-31-21-30(24-18-16-23(17-19-24)26-11-8-20-35-22-26)27-12-4-5-13-28(27)33(31)29-14-6-7-15-32(29)36-34/h1-22H. The lowest BCUT2D eigenvalue weighted by molar-refractivity contribution is 1.33. The molecule has 0 unspecified atom stereocenters. The highest BCUT2D eigenvalue weighted by Gasteiger charge is 2.16. The molecule has 0 radical (unpaired) electrons. The summed E-state index contributed by atoms with van der Waals surface area (Å²) in [6.07, 6.45) is 3.71. The van der Waals surface area contributed by atoms with Gasteiger partial charge in [-0.15, -0.1) is 0 Å². The molecule has 0 atom stereocenters. The van der Waals surface area contributed by atoms with Gasteiger partial charge in [-0.2, -0.15) is 0 Å². The van der Waals surface area contributed by atoms with E-state index in [1.165, 1.54) is 38.1 Å². The van der Waals surface area contributed by atoms with Crippen molar-refractivity contribution in [2.24, 2.45) is 0 Å². The molecule has 0 fully saturated rings. The number of aromatic nitrogens is 2. The Balaban J connectivity index is 1.55. The fraction of sp³-hybridized carbons (Fsp3) is 0. The summed E-state index contributed by atoms with van der Waals surface area (Å²) >= 11 is 0. The second-order valence-corrected chi connectivity index (χ2v) is 9.05. The molecule has 7 aromatic rings. The molecule has 0 aliphatic heterocycles. The first-order chi connectivity index (χ1) is 17.9. The second kappa shape index (κ2) is 8.44. The molecule has 5 aromatic carbocycles. The molecule has 0 amide bonds. The van der Waals surface area contributed by atoms with Crippen LogP contribution in [0.1, 0.15) is 0 Å². The molecule has 168 valence electrons. The fourth-order valence-corrected chi connectivity index (χ4v) is 5.25. The maximum Gasteiger partial charge on any atom is 0.0788 e.